The molecule has 0 spiro atoms. The third-order valence-electron chi connectivity index (χ3n) is 4.56. The summed E-state index contributed by atoms with van der Waals surface area (Å²) in [5.41, 5.74) is 2.96. The molecule has 0 aliphatic heterocycles. The van der Waals surface area contributed by atoms with Crippen molar-refractivity contribution >= 4 is 40.4 Å². The van der Waals surface area contributed by atoms with Crippen molar-refractivity contribution < 1.29 is 9.59 Å². The second kappa shape index (κ2) is 8.10. The van der Waals surface area contributed by atoms with Gasteiger partial charge in [-0.25, -0.2) is 9.97 Å². The number of anilines is 5. The molecule has 0 atom stereocenters. The Balaban J connectivity index is 1.45. The number of ketones is 1. The smallest absolute Gasteiger partial charge is 0.227 e. The predicted molar refractivity (Wildman–Crippen MR) is 113 cm³/mol. The zero-order valence-corrected chi connectivity index (χ0v) is 16.0. The fourth-order valence-corrected chi connectivity index (χ4v) is 2.87. The second-order valence-electron chi connectivity index (χ2n) is 7.02. The van der Waals surface area contributed by atoms with Gasteiger partial charge in [-0.1, -0.05) is 18.2 Å². The first kappa shape index (κ1) is 18.6. The van der Waals surface area contributed by atoms with Crippen LogP contribution in [-0.2, 0) is 4.79 Å². The quantitative estimate of drug-likeness (QED) is 0.516. The Hall–Kier alpha value is -3.74. The highest BCUT2D eigenvalue weighted by Crippen LogP contribution is 2.30. The molecule has 1 aliphatic rings. The van der Waals surface area contributed by atoms with Crippen LogP contribution in [0.25, 0.3) is 0 Å². The molecule has 3 aromatic rings. The summed E-state index contributed by atoms with van der Waals surface area (Å²) in [5.74, 6) is 1.44. The second-order valence-corrected chi connectivity index (χ2v) is 7.02. The third-order valence-corrected chi connectivity index (χ3v) is 4.56. The summed E-state index contributed by atoms with van der Waals surface area (Å²) in [7, 11) is 0. The first-order chi connectivity index (χ1) is 14.1. The lowest BCUT2D eigenvalue weighted by atomic mass is 10.1. The summed E-state index contributed by atoms with van der Waals surface area (Å²) in [5, 5.41) is 9.34. The number of nitrogens with zero attached hydrogens (tertiary/aromatic N) is 2. The van der Waals surface area contributed by atoms with Gasteiger partial charge < -0.3 is 16.0 Å². The van der Waals surface area contributed by atoms with Crippen LogP contribution in [0.2, 0.25) is 0 Å². The van der Waals surface area contributed by atoms with Gasteiger partial charge in [0.25, 0.3) is 0 Å². The van der Waals surface area contributed by atoms with E-state index in [-0.39, 0.29) is 17.6 Å². The lowest BCUT2D eigenvalue weighted by molar-refractivity contribution is -0.117. The minimum absolute atomic E-state index is 0.00681. The minimum Gasteiger partial charge on any atom is -0.340 e. The first-order valence-electron chi connectivity index (χ1n) is 9.45. The van der Waals surface area contributed by atoms with E-state index in [1.165, 1.54) is 13.3 Å². The molecular weight excluding hydrogens is 366 g/mol. The van der Waals surface area contributed by atoms with Gasteiger partial charge >= 0.3 is 0 Å². The number of carbonyl (C=O) groups excluding carboxylic acids is 2. The molecule has 1 aliphatic carbocycles. The van der Waals surface area contributed by atoms with E-state index in [0.29, 0.717) is 17.2 Å². The van der Waals surface area contributed by atoms with Gasteiger partial charge in [0.15, 0.2) is 5.78 Å². The van der Waals surface area contributed by atoms with E-state index >= 15 is 0 Å². The average molecular weight is 387 g/mol. The van der Waals surface area contributed by atoms with Crippen molar-refractivity contribution in [3.8, 4) is 0 Å². The zero-order chi connectivity index (χ0) is 20.2. The maximum Gasteiger partial charge on any atom is 0.227 e. The largest absolute Gasteiger partial charge is 0.340 e. The van der Waals surface area contributed by atoms with Crippen LogP contribution in [0.5, 0.6) is 0 Å². The van der Waals surface area contributed by atoms with Crippen molar-refractivity contribution in [1.82, 2.24) is 9.97 Å². The molecule has 1 fully saturated rings. The summed E-state index contributed by atoms with van der Waals surface area (Å²) in [6, 6.07) is 16.5. The number of Topliss-reactive ketones (excluding diaryl/α,β-unsaturated/α-hetero) is 1. The van der Waals surface area contributed by atoms with Crippen LogP contribution in [0.15, 0.2) is 60.9 Å². The van der Waals surface area contributed by atoms with Crippen molar-refractivity contribution in [2.75, 3.05) is 16.0 Å². The van der Waals surface area contributed by atoms with Crippen molar-refractivity contribution in [1.29, 1.82) is 0 Å². The first-order valence-corrected chi connectivity index (χ1v) is 9.45. The number of hydrogen-bond acceptors (Lipinski definition) is 6. The fourth-order valence-electron chi connectivity index (χ4n) is 2.87. The van der Waals surface area contributed by atoms with Crippen LogP contribution in [0.4, 0.5) is 28.7 Å². The van der Waals surface area contributed by atoms with Gasteiger partial charge in [-0.05, 0) is 50.1 Å². The molecule has 1 heterocycles. The number of amides is 1. The van der Waals surface area contributed by atoms with Crippen LogP contribution in [0, 0.1) is 5.92 Å². The average Bonchev–Trinajstić information content (AvgIpc) is 3.54. The van der Waals surface area contributed by atoms with Gasteiger partial charge in [0, 0.05) is 34.6 Å². The molecule has 1 aromatic heterocycles. The molecule has 2 aromatic carbocycles. The van der Waals surface area contributed by atoms with Crippen LogP contribution in [0.1, 0.15) is 30.1 Å². The van der Waals surface area contributed by atoms with E-state index in [4.69, 9.17) is 0 Å². The van der Waals surface area contributed by atoms with E-state index in [2.05, 4.69) is 25.9 Å². The maximum absolute atomic E-state index is 11.9. The number of benzene rings is 2. The van der Waals surface area contributed by atoms with E-state index in [1.807, 2.05) is 36.4 Å². The Morgan fingerprint density at radius 3 is 2.14 bits per heavy atom. The molecule has 1 saturated carbocycles. The molecule has 0 radical (unpaired) electrons. The molecule has 146 valence electrons. The van der Waals surface area contributed by atoms with E-state index in [9.17, 15) is 9.59 Å². The SMILES string of the molecule is CC(=O)c1cccc(Nc2cc(Nc3cccc(NC(=O)C4CC4)c3)ncn2)c1. The number of nitrogens with one attached hydrogen (secondary N) is 3. The van der Waals surface area contributed by atoms with Crippen molar-refractivity contribution in [3.63, 3.8) is 0 Å². The van der Waals surface area contributed by atoms with Gasteiger partial charge in [-0.3, -0.25) is 9.59 Å². The highest BCUT2D eigenvalue weighted by atomic mass is 16.2. The Morgan fingerprint density at radius 1 is 0.862 bits per heavy atom. The molecule has 7 nitrogen and oxygen atoms in total. The summed E-state index contributed by atoms with van der Waals surface area (Å²) >= 11 is 0. The zero-order valence-electron chi connectivity index (χ0n) is 16.0. The highest BCUT2D eigenvalue weighted by Gasteiger charge is 2.29. The summed E-state index contributed by atoms with van der Waals surface area (Å²) in [6.45, 7) is 1.53. The van der Waals surface area contributed by atoms with Gasteiger partial charge in [0.05, 0.1) is 0 Å². The van der Waals surface area contributed by atoms with E-state index < -0.39 is 0 Å². The predicted octanol–water partition coefficient (Wildman–Crippen LogP) is 4.51. The topological polar surface area (TPSA) is 96.0 Å². The Morgan fingerprint density at radius 2 is 1.48 bits per heavy atom. The number of rotatable bonds is 7. The van der Waals surface area contributed by atoms with Crippen LogP contribution < -0.4 is 16.0 Å². The standard InChI is InChI=1S/C22H21N5O2/c1-14(28)16-4-2-5-17(10-16)25-20-12-21(24-13-23-20)26-18-6-3-7-19(11-18)27-22(29)15-8-9-15/h2-7,10-13,15H,8-9H2,1H3,(H,27,29)(H2,23,24,25,26). The Kier molecular flexibility index (Phi) is 5.20. The van der Waals surface area contributed by atoms with Crippen molar-refractivity contribution in [2.45, 2.75) is 19.8 Å². The van der Waals surface area contributed by atoms with Gasteiger partial charge in [0.1, 0.15) is 18.0 Å². The number of hydrogen-bond donors (Lipinski definition) is 3. The highest BCUT2D eigenvalue weighted by molar-refractivity contribution is 5.95. The fraction of sp³-hybridized carbons (Fsp3) is 0.182. The van der Waals surface area contributed by atoms with Crippen LogP contribution >= 0.6 is 0 Å². The normalized spacial score (nSPS) is 12.9. The molecule has 0 unspecified atom stereocenters. The summed E-state index contributed by atoms with van der Waals surface area (Å²) < 4.78 is 0. The van der Waals surface area contributed by atoms with E-state index in [0.717, 1.165) is 29.9 Å². The third kappa shape index (κ3) is 4.95. The van der Waals surface area contributed by atoms with E-state index in [1.54, 1.807) is 18.2 Å². The minimum atomic E-state index is 0.00681. The Labute approximate surface area is 168 Å². The monoisotopic (exact) mass is 387 g/mol. The van der Waals surface area contributed by atoms with Gasteiger partial charge in [-0.15, -0.1) is 0 Å². The maximum atomic E-state index is 11.9. The molecule has 4 rings (SSSR count). The molecular formula is C22H21N5O2. The van der Waals surface area contributed by atoms with Gasteiger partial charge in [0.2, 0.25) is 5.91 Å². The van der Waals surface area contributed by atoms with Crippen LogP contribution in [-0.4, -0.2) is 21.7 Å². The summed E-state index contributed by atoms with van der Waals surface area (Å²) in [6.07, 6.45) is 3.39. The molecule has 0 saturated heterocycles. The van der Waals surface area contributed by atoms with Crippen molar-refractivity contribution in [3.05, 3.63) is 66.5 Å². The lowest BCUT2D eigenvalue weighted by Gasteiger charge is -2.11. The molecule has 7 heteroatoms. The molecule has 1 amide bonds. The van der Waals surface area contributed by atoms with Crippen LogP contribution in [0.3, 0.4) is 0 Å². The molecule has 0 bridgehead atoms. The van der Waals surface area contributed by atoms with Crippen molar-refractivity contribution in [2.24, 2.45) is 5.92 Å². The molecule has 29 heavy (non-hydrogen) atoms. The van der Waals surface area contributed by atoms with Gasteiger partial charge in [-0.2, -0.15) is 0 Å². The molecule has 3 N–H and O–H groups in total. The number of aromatic nitrogens is 2. The Bertz CT molecular complexity index is 1060. The lowest BCUT2D eigenvalue weighted by Crippen LogP contribution is -2.13. The summed E-state index contributed by atoms with van der Waals surface area (Å²) in [4.78, 5) is 32.0. The number of carbonyl (C=O) groups is 2.